The number of aliphatic hydroxyl groups excluding tert-OH is 1. The Bertz CT molecular complexity index is 802. The zero-order valence-corrected chi connectivity index (χ0v) is 17.0. The lowest BCUT2D eigenvalue weighted by Gasteiger charge is -2.07. The molecule has 2 aromatic carbocycles. The van der Waals surface area contributed by atoms with Crippen molar-refractivity contribution in [1.82, 2.24) is 25.5 Å². The van der Waals surface area contributed by atoms with Gasteiger partial charge in [-0.25, -0.2) is 0 Å². The van der Waals surface area contributed by atoms with E-state index in [1.54, 1.807) is 16.4 Å². The highest BCUT2D eigenvalue weighted by Gasteiger charge is 2.08. The lowest BCUT2D eigenvalue weighted by Crippen LogP contribution is -2.15. The van der Waals surface area contributed by atoms with Gasteiger partial charge < -0.3 is 15.2 Å². The highest BCUT2D eigenvalue weighted by Crippen LogP contribution is 2.18. The van der Waals surface area contributed by atoms with Crippen molar-refractivity contribution in [3.8, 4) is 11.4 Å². The molecular formula is C19H24ClN5O2S. The van der Waals surface area contributed by atoms with Crippen molar-refractivity contribution in [2.45, 2.75) is 18.1 Å². The van der Waals surface area contributed by atoms with Crippen LogP contribution < -0.4 is 10.1 Å². The van der Waals surface area contributed by atoms with Crippen molar-refractivity contribution in [2.75, 3.05) is 25.5 Å². The fourth-order valence-corrected chi connectivity index (χ4v) is 3.29. The Morgan fingerprint density at radius 1 is 1.07 bits per heavy atom. The van der Waals surface area contributed by atoms with E-state index in [1.165, 1.54) is 5.56 Å². The molecule has 0 aliphatic heterocycles. The van der Waals surface area contributed by atoms with Gasteiger partial charge in [-0.2, -0.15) is 4.68 Å². The number of nitrogens with zero attached hydrogens (tertiary/aromatic N) is 4. The molecule has 1 heterocycles. The largest absolute Gasteiger partial charge is 0.491 e. The van der Waals surface area contributed by atoms with Crippen LogP contribution in [-0.4, -0.2) is 50.8 Å². The zero-order chi connectivity index (χ0) is 18.7. The predicted octanol–water partition coefficient (Wildman–Crippen LogP) is 2.73. The number of para-hydroxylation sites is 1. The molecule has 0 aliphatic carbocycles. The molecule has 0 spiro atoms. The first-order valence-corrected chi connectivity index (χ1v) is 9.85. The van der Waals surface area contributed by atoms with Gasteiger partial charge in [0.05, 0.1) is 12.3 Å². The molecule has 0 fully saturated rings. The third-order valence-electron chi connectivity index (χ3n) is 3.78. The Morgan fingerprint density at radius 2 is 1.86 bits per heavy atom. The molecule has 7 nitrogen and oxygen atoms in total. The number of tetrazole rings is 1. The van der Waals surface area contributed by atoms with Gasteiger partial charge in [0.15, 0.2) is 0 Å². The molecular weight excluding hydrogens is 398 g/mol. The van der Waals surface area contributed by atoms with Crippen molar-refractivity contribution in [3.05, 3.63) is 60.2 Å². The molecule has 0 aliphatic rings. The third-order valence-corrected chi connectivity index (χ3v) is 4.79. The lowest BCUT2D eigenvalue weighted by molar-refractivity contribution is 0.201. The molecule has 150 valence electrons. The first-order chi connectivity index (χ1) is 13.4. The topological polar surface area (TPSA) is 85.1 Å². The molecule has 1 aromatic heterocycles. The molecule has 0 atom stereocenters. The lowest BCUT2D eigenvalue weighted by atomic mass is 10.2. The minimum Gasteiger partial charge on any atom is -0.491 e. The van der Waals surface area contributed by atoms with Gasteiger partial charge in [-0.1, -0.05) is 42.1 Å². The maximum absolute atomic E-state index is 8.75. The summed E-state index contributed by atoms with van der Waals surface area (Å²) in [5, 5.41) is 24.9. The van der Waals surface area contributed by atoms with E-state index in [2.05, 4.69) is 20.8 Å². The Kier molecular flexibility index (Phi) is 9.78. The van der Waals surface area contributed by atoms with Crippen molar-refractivity contribution in [3.63, 3.8) is 0 Å². The molecule has 0 saturated heterocycles. The number of benzene rings is 2. The Hall–Kier alpha value is -2.13. The monoisotopic (exact) mass is 421 g/mol. The maximum atomic E-state index is 8.75. The number of rotatable bonds is 11. The SMILES string of the molecule is Cl.OCCOc1ccc(CNCCCSc2nnnn2-c2ccccc2)cc1. The number of hydrogen-bond donors (Lipinski definition) is 2. The molecule has 0 radical (unpaired) electrons. The fourth-order valence-electron chi connectivity index (χ4n) is 2.46. The quantitative estimate of drug-likeness (QED) is 0.363. The van der Waals surface area contributed by atoms with Crippen LogP contribution in [0.4, 0.5) is 0 Å². The van der Waals surface area contributed by atoms with Crippen LogP contribution in [0.3, 0.4) is 0 Å². The summed E-state index contributed by atoms with van der Waals surface area (Å²) < 4.78 is 7.12. The van der Waals surface area contributed by atoms with E-state index in [4.69, 9.17) is 9.84 Å². The Balaban J connectivity index is 0.00000280. The van der Waals surface area contributed by atoms with Crippen LogP contribution in [0.2, 0.25) is 0 Å². The van der Waals surface area contributed by atoms with Gasteiger partial charge in [-0.15, -0.1) is 17.5 Å². The smallest absolute Gasteiger partial charge is 0.214 e. The standard InChI is InChI=1S/C19H23N5O2S.ClH/c25-12-13-26-18-9-7-16(8-10-18)15-20-11-4-14-27-19-21-22-23-24(19)17-5-2-1-3-6-17;/h1-3,5-10,20,25H,4,11-15H2;1H. The molecule has 2 N–H and O–H groups in total. The van der Waals surface area contributed by atoms with Crippen molar-refractivity contribution in [2.24, 2.45) is 0 Å². The van der Waals surface area contributed by atoms with Crippen LogP contribution in [-0.2, 0) is 6.54 Å². The second kappa shape index (κ2) is 12.4. The minimum absolute atomic E-state index is 0. The van der Waals surface area contributed by atoms with Crippen LogP contribution in [0.25, 0.3) is 5.69 Å². The number of thioether (sulfide) groups is 1. The average Bonchev–Trinajstić information content (AvgIpc) is 3.19. The number of ether oxygens (including phenoxy) is 1. The van der Waals surface area contributed by atoms with Gasteiger partial charge in [0.1, 0.15) is 12.4 Å². The van der Waals surface area contributed by atoms with E-state index in [0.29, 0.717) is 6.61 Å². The first-order valence-electron chi connectivity index (χ1n) is 8.87. The highest BCUT2D eigenvalue weighted by atomic mass is 35.5. The normalized spacial score (nSPS) is 10.5. The summed E-state index contributed by atoms with van der Waals surface area (Å²) >= 11 is 1.65. The minimum atomic E-state index is 0. The van der Waals surface area contributed by atoms with Gasteiger partial charge in [-0.3, -0.25) is 0 Å². The molecule has 28 heavy (non-hydrogen) atoms. The van der Waals surface area contributed by atoms with Gasteiger partial charge in [-0.05, 0) is 53.2 Å². The summed E-state index contributed by atoms with van der Waals surface area (Å²) in [7, 11) is 0. The summed E-state index contributed by atoms with van der Waals surface area (Å²) in [5.74, 6) is 1.72. The summed E-state index contributed by atoms with van der Waals surface area (Å²) in [5.41, 5.74) is 2.17. The van der Waals surface area contributed by atoms with Crippen molar-refractivity contribution >= 4 is 24.2 Å². The number of nitrogens with one attached hydrogen (secondary N) is 1. The van der Waals surface area contributed by atoms with Gasteiger partial charge in [0.25, 0.3) is 0 Å². The third kappa shape index (κ3) is 6.79. The van der Waals surface area contributed by atoms with Crippen molar-refractivity contribution < 1.29 is 9.84 Å². The summed E-state index contributed by atoms with van der Waals surface area (Å²) in [6.45, 7) is 2.08. The molecule has 0 saturated carbocycles. The van der Waals surface area contributed by atoms with E-state index in [-0.39, 0.29) is 19.0 Å². The van der Waals surface area contributed by atoms with Gasteiger partial charge in [0, 0.05) is 12.3 Å². The van der Waals surface area contributed by atoms with Gasteiger partial charge in [0.2, 0.25) is 5.16 Å². The Morgan fingerprint density at radius 3 is 2.61 bits per heavy atom. The van der Waals surface area contributed by atoms with E-state index in [0.717, 1.165) is 41.9 Å². The van der Waals surface area contributed by atoms with Crippen molar-refractivity contribution in [1.29, 1.82) is 0 Å². The van der Waals surface area contributed by atoms with E-state index >= 15 is 0 Å². The average molecular weight is 422 g/mol. The molecule has 0 amide bonds. The molecule has 9 heteroatoms. The second-order valence-electron chi connectivity index (χ2n) is 5.80. The highest BCUT2D eigenvalue weighted by molar-refractivity contribution is 7.99. The maximum Gasteiger partial charge on any atom is 0.214 e. The number of halogens is 1. The number of hydrogen-bond acceptors (Lipinski definition) is 7. The molecule has 3 aromatic rings. The zero-order valence-electron chi connectivity index (χ0n) is 15.4. The molecule has 3 rings (SSSR count). The van der Waals surface area contributed by atoms with Crippen LogP contribution in [0.5, 0.6) is 5.75 Å². The van der Waals surface area contributed by atoms with Crippen LogP contribution in [0.15, 0.2) is 59.8 Å². The Labute approximate surface area is 174 Å². The predicted molar refractivity (Wildman–Crippen MR) is 112 cm³/mol. The van der Waals surface area contributed by atoms with E-state index < -0.39 is 0 Å². The second-order valence-corrected chi connectivity index (χ2v) is 6.87. The molecule has 0 unspecified atom stereocenters. The number of aromatic nitrogens is 4. The van der Waals surface area contributed by atoms with E-state index in [1.807, 2.05) is 54.6 Å². The first kappa shape index (κ1) is 22.2. The summed E-state index contributed by atoms with van der Waals surface area (Å²) in [6.07, 6.45) is 1.02. The fraction of sp³-hybridized carbons (Fsp3) is 0.316. The van der Waals surface area contributed by atoms with Crippen LogP contribution in [0.1, 0.15) is 12.0 Å². The van der Waals surface area contributed by atoms with Crippen LogP contribution >= 0.6 is 24.2 Å². The number of aliphatic hydroxyl groups is 1. The van der Waals surface area contributed by atoms with Gasteiger partial charge >= 0.3 is 0 Å². The summed E-state index contributed by atoms with van der Waals surface area (Å²) in [4.78, 5) is 0. The van der Waals surface area contributed by atoms with Crippen LogP contribution in [0, 0.1) is 0 Å². The summed E-state index contributed by atoms with van der Waals surface area (Å²) in [6, 6.07) is 17.8. The van der Waals surface area contributed by atoms with E-state index in [9.17, 15) is 0 Å². The molecule has 0 bridgehead atoms.